The molecule has 1 atom stereocenters. The molecule has 1 unspecified atom stereocenters. The zero-order valence-electron chi connectivity index (χ0n) is 11.9. The van der Waals surface area contributed by atoms with Crippen LogP contribution >= 0.6 is 11.6 Å². The van der Waals surface area contributed by atoms with Crippen molar-refractivity contribution in [1.82, 2.24) is 5.32 Å². The lowest BCUT2D eigenvalue weighted by Gasteiger charge is -2.36. The van der Waals surface area contributed by atoms with Gasteiger partial charge in [-0.15, -0.1) is 0 Å². The van der Waals surface area contributed by atoms with E-state index in [9.17, 15) is 0 Å². The molecule has 0 bridgehead atoms. The van der Waals surface area contributed by atoms with Crippen LogP contribution in [0.5, 0.6) is 0 Å². The van der Waals surface area contributed by atoms with Crippen LogP contribution < -0.4 is 5.32 Å². The summed E-state index contributed by atoms with van der Waals surface area (Å²) >= 11 is 6.20. The van der Waals surface area contributed by atoms with E-state index in [4.69, 9.17) is 20.8 Å². The lowest BCUT2D eigenvalue weighted by atomic mass is 10.2. The first-order valence-electron chi connectivity index (χ1n) is 6.25. The van der Waals surface area contributed by atoms with Crippen molar-refractivity contribution in [2.24, 2.45) is 0 Å². The van der Waals surface area contributed by atoms with Crippen molar-refractivity contribution in [1.29, 1.82) is 0 Å². The third kappa shape index (κ3) is 4.43. The number of halogens is 1. The van der Waals surface area contributed by atoms with E-state index in [-0.39, 0.29) is 5.04 Å². The highest BCUT2D eigenvalue weighted by Crippen LogP contribution is 2.36. The van der Waals surface area contributed by atoms with Crippen molar-refractivity contribution >= 4 is 19.9 Å². The van der Waals surface area contributed by atoms with E-state index in [0.717, 1.165) is 0 Å². The molecule has 1 heterocycles. The van der Waals surface area contributed by atoms with Crippen molar-refractivity contribution in [3.05, 3.63) is 24.4 Å². The molecule has 0 spiro atoms. The molecule has 0 saturated heterocycles. The van der Waals surface area contributed by atoms with Crippen LogP contribution in [0.15, 0.2) is 24.4 Å². The first-order chi connectivity index (χ1) is 8.16. The summed E-state index contributed by atoms with van der Waals surface area (Å²) in [4.78, 5) is 0. The summed E-state index contributed by atoms with van der Waals surface area (Å²) in [5.41, 5.74) is 0. The quantitative estimate of drug-likeness (QED) is 0.363. The summed E-state index contributed by atoms with van der Waals surface area (Å²) < 4.78 is 11.6. The molecule has 0 aromatic heterocycles. The van der Waals surface area contributed by atoms with Crippen LogP contribution in [0, 0.1) is 0 Å². The molecule has 1 rings (SSSR count). The zero-order valence-corrected chi connectivity index (χ0v) is 13.7. The fourth-order valence-corrected chi connectivity index (χ4v) is 2.48. The molecular formula is C13H24ClNO2Si. The van der Waals surface area contributed by atoms with Gasteiger partial charge in [-0.2, -0.15) is 0 Å². The molecule has 0 aromatic carbocycles. The highest BCUT2D eigenvalue weighted by Gasteiger charge is 2.37. The van der Waals surface area contributed by atoms with Gasteiger partial charge in [0.15, 0.2) is 8.32 Å². The van der Waals surface area contributed by atoms with Gasteiger partial charge in [0, 0.05) is 6.20 Å². The normalized spacial score (nSPS) is 24.1. The Morgan fingerprint density at radius 2 is 1.89 bits per heavy atom. The summed E-state index contributed by atoms with van der Waals surface area (Å²) in [5.74, 6) is 0. The fraction of sp³-hybridized carbons (Fsp3) is 0.692. The second kappa shape index (κ2) is 5.78. The van der Waals surface area contributed by atoms with Gasteiger partial charge in [-0.1, -0.05) is 38.4 Å². The van der Waals surface area contributed by atoms with Gasteiger partial charge in [0.25, 0.3) is 0 Å². The lowest BCUT2D eigenvalue weighted by Crippen LogP contribution is -2.43. The second-order valence-electron chi connectivity index (χ2n) is 5.96. The van der Waals surface area contributed by atoms with Crippen molar-refractivity contribution in [2.45, 2.75) is 44.1 Å². The predicted molar refractivity (Wildman–Crippen MR) is 79.1 cm³/mol. The second-order valence-corrected chi connectivity index (χ2v) is 11.3. The van der Waals surface area contributed by atoms with Gasteiger partial charge in [-0.25, -0.2) is 0 Å². The summed E-state index contributed by atoms with van der Waals surface area (Å²) in [6.07, 6.45) is 7.27. The van der Waals surface area contributed by atoms with Gasteiger partial charge >= 0.3 is 0 Å². The molecule has 104 valence electrons. The monoisotopic (exact) mass is 289 g/mol. The van der Waals surface area contributed by atoms with Crippen molar-refractivity contribution < 1.29 is 9.16 Å². The molecule has 0 aromatic rings. The fourth-order valence-electron chi connectivity index (χ4n) is 1.24. The molecule has 1 N–H and O–H groups in total. The van der Waals surface area contributed by atoms with Gasteiger partial charge in [0.1, 0.15) is 0 Å². The Morgan fingerprint density at radius 1 is 1.22 bits per heavy atom. The molecule has 0 amide bonds. The van der Waals surface area contributed by atoms with E-state index in [1.165, 1.54) is 0 Å². The van der Waals surface area contributed by atoms with E-state index >= 15 is 0 Å². The molecular weight excluding hydrogens is 266 g/mol. The van der Waals surface area contributed by atoms with Crippen LogP contribution in [0.4, 0.5) is 0 Å². The standard InChI is InChI=1S/C13H24ClNO2Si/c1-12(2,3)18(4,5)17-11-10-16-13(14)8-6-7-9-15-13/h6-9,15H,10-11H2,1-5H3. The Labute approximate surface area is 116 Å². The number of hydrogen-bond acceptors (Lipinski definition) is 3. The summed E-state index contributed by atoms with van der Waals surface area (Å²) in [6, 6.07) is 0. The molecule has 1 aliphatic rings. The highest BCUT2D eigenvalue weighted by atomic mass is 35.5. The Morgan fingerprint density at radius 3 is 2.39 bits per heavy atom. The highest BCUT2D eigenvalue weighted by molar-refractivity contribution is 6.74. The van der Waals surface area contributed by atoms with Gasteiger partial charge < -0.3 is 14.5 Å². The number of hydrogen-bond donors (Lipinski definition) is 1. The van der Waals surface area contributed by atoms with Gasteiger partial charge in [0.05, 0.1) is 13.2 Å². The Bertz CT molecular complexity index is 336. The molecule has 18 heavy (non-hydrogen) atoms. The number of alkyl halides is 1. The SMILES string of the molecule is CC(C)(C)[Si](C)(C)OCCOC1(Cl)C=CC=CN1. The minimum Gasteiger partial charge on any atom is -0.414 e. The Hall–Kier alpha value is -0.293. The molecule has 0 saturated carbocycles. The first-order valence-corrected chi connectivity index (χ1v) is 9.54. The average Bonchev–Trinajstić information content (AvgIpc) is 2.24. The van der Waals surface area contributed by atoms with E-state index in [1.807, 2.05) is 12.2 Å². The minimum absolute atomic E-state index is 0.220. The lowest BCUT2D eigenvalue weighted by molar-refractivity contribution is 0.0182. The minimum atomic E-state index is -1.69. The van der Waals surface area contributed by atoms with Crippen molar-refractivity contribution in [3.63, 3.8) is 0 Å². The number of dihydropyridines is 1. The Balaban J connectivity index is 2.31. The molecule has 0 radical (unpaired) electrons. The van der Waals surface area contributed by atoms with Crippen LogP contribution in [0.1, 0.15) is 20.8 Å². The molecule has 0 fully saturated rings. The van der Waals surface area contributed by atoms with Crippen LogP contribution in [-0.4, -0.2) is 26.7 Å². The van der Waals surface area contributed by atoms with Gasteiger partial charge in [-0.05, 0) is 30.3 Å². The summed E-state index contributed by atoms with van der Waals surface area (Å²) in [5, 5.41) is 2.25. The molecule has 0 aliphatic carbocycles. The summed E-state index contributed by atoms with van der Waals surface area (Å²) in [7, 11) is -1.69. The molecule has 3 nitrogen and oxygen atoms in total. The predicted octanol–water partition coefficient (Wildman–Crippen LogP) is 3.59. The summed E-state index contributed by atoms with van der Waals surface area (Å²) in [6.45, 7) is 12.2. The van der Waals surface area contributed by atoms with E-state index < -0.39 is 13.5 Å². The first kappa shape index (κ1) is 15.8. The number of rotatable bonds is 5. The third-order valence-corrected chi connectivity index (χ3v) is 8.35. The maximum Gasteiger partial charge on any atom is 0.236 e. The maximum atomic E-state index is 6.20. The molecule has 1 aliphatic heterocycles. The maximum absolute atomic E-state index is 6.20. The van der Waals surface area contributed by atoms with Gasteiger partial charge in [-0.3, -0.25) is 0 Å². The smallest absolute Gasteiger partial charge is 0.236 e. The van der Waals surface area contributed by atoms with Crippen molar-refractivity contribution in [3.8, 4) is 0 Å². The van der Waals surface area contributed by atoms with Gasteiger partial charge in [0.2, 0.25) is 5.18 Å². The molecule has 5 heteroatoms. The zero-order chi connectivity index (χ0) is 13.9. The largest absolute Gasteiger partial charge is 0.414 e. The van der Waals surface area contributed by atoms with Crippen LogP contribution in [0.25, 0.3) is 0 Å². The number of allylic oxidation sites excluding steroid dienone is 2. The number of nitrogens with one attached hydrogen (secondary N) is 1. The number of ether oxygens (including phenoxy) is 1. The van der Waals surface area contributed by atoms with Crippen molar-refractivity contribution in [2.75, 3.05) is 13.2 Å². The topological polar surface area (TPSA) is 30.5 Å². The van der Waals surface area contributed by atoms with Crippen LogP contribution in [-0.2, 0) is 9.16 Å². The average molecular weight is 290 g/mol. The van der Waals surface area contributed by atoms with E-state index in [0.29, 0.717) is 13.2 Å². The van der Waals surface area contributed by atoms with Crippen LogP contribution in [0.3, 0.4) is 0 Å². The van der Waals surface area contributed by atoms with Crippen LogP contribution in [0.2, 0.25) is 18.1 Å². The Kier molecular flexibility index (Phi) is 5.06. The van der Waals surface area contributed by atoms with E-state index in [2.05, 4.69) is 39.2 Å². The third-order valence-electron chi connectivity index (χ3n) is 3.46. The van der Waals surface area contributed by atoms with E-state index in [1.54, 1.807) is 12.3 Å².